The summed E-state index contributed by atoms with van der Waals surface area (Å²) in [6, 6.07) is 12.8. The predicted octanol–water partition coefficient (Wildman–Crippen LogP) is 3.92. The van der Waals surface area contributed by atoms with E-state index < -0.39 is 0 Å². The molecule has 0 aliphatic heterocycles. The van der Waals surface area contributed by atoms with Crippen LogP contribution < -0.4 is 10.6 Å². The molecule has 0 aliphatic rings. The first-order valence-electron chi connectivity index (χ1n) is 6.35. The van der Waals surface area contributed by atoms with Gasteiger partial charge in [0.2, 0.25) is 0 Å². The molecule has 0 radical (unpaired) electrons. The number of rotatable bonds is 3. The average Bonchev–Trinajstić information content (AvgIpc) is 2.38. The predicted molar refractivity (Wildman–Crippen MR) is 78.2 cm³/mol. The van der Waals surface area contributed by atoms with Crippen LogP contribution in [0, 0.1) is 12.7 Å². The van der Waals surface area contributed by atoms with Crippen molar-refractivity contribution < 1.29 is 4.39 Å². The van der Waals surface area contributed by atoms with Crippen molar-refractivity contribution in [3.8, 4) is 0 Å². The number of anilines is 2. The van der Waals surface area contributed by atoms with Crippen molar-refractivity contribution in [3.63, 3.8) is 0 Å². The maximum Gasteiger partial charge on any atom is 0.130 e. The summed E-state index contributed by atoms with van der Waals surface area (Å²) in [4.78, 5) is 1.96. The molecule has 0 bridgehead atoms. The lowest BCUT2D eigenvalue weighted by Crippen LogP contribution is -2.17. The van der Waals surface area contributed by atoms with Crippen LogP contribution in [0.15, 0.2) is 42.5 Å². The fraction of sp³-hybridized carbons (Fsp3) is 0.250. The fourth-order valence-corrected chi connectivity index (χ4v) is 2.18. The normalized spacial score (nSPS) is 12.3. The monoisotopic (exact) mass is 258 g/mol. The van der Waals surface area contributed by atoms with Crippen LogP contribution in [0.4, 0.5) is 15.8 Å². The third kappa shape index (κ3) is 2.76. The zero-order valence-corrected chi connectivity index (χ0v) is 11.5. The molecule has 2 rings (SSSR count). The molecular weight excluding hydrogens is 239 g/mol. The number of hydrogen-bond acceptors (Lipinski definition) is 2. The number of nitrogens with zero attached hydrogens (tertiary/aromatic N) is 1. The van der Waals surface area contributed by atoms with Gasteiger partial charge in [0.05, 0.1) is 0 Å². The molecule has 0 heterocycles. The number of aryl methyl sites for hydroxylation is 1. The highest BCUT2D eigenvalue weighted by Crippen LogP contribution is 2.31. The van der Waals surface area contributed by atoms with Crippen molar-refractivity contribution >= 4 is 11.4 Å². The lowest BCUT2D eigenvalue weighted by molar-refractivity contribution is 0.594. The van der Waals surface area contributed by atoms with E-state index >= 15 is 0 Å². The molecule has 0 saturated carbocycles. The van der Waals surface area contributed by atoms with E-state index in [0.29, 0.717) is 5.56 Å². The molecule has 0 spiro atoms. The Morgan fingerprint density at radius 3 is 2.32 bits per heavy atom. The molecule has 0 aromatic heterocycles. The van der Waals surface area contributed by atoms with E-state index in [4.69, 9.17) is 5.73 Å². The smallest absolute Gasteiger partial charge is 0.130 e. The van der Waals surface area contributed by atoms with Gasteiger partial charge in [0, 0.05) is 30.0 Å². The summed E-state index contributed by atoms with van der Waals surface area (Å²) < 4.78 is 13.9. The molecule has 0 fully saturated rings. The minimum Gasteiger partial charge on any atom is -0.344 e. The summed E-state index contributed by atoms with van der Waals surface area (Å²) in [6.07, 6.45) is 0. The first-order chi connectivity index (χ1) is 9.00. The van der Waals surface area contributed by atoms with Gasteiger partial charge in [-0.25, -0.2) is 4.39 Å². The van der Waals surface area contributed by atoms with Gasteiger partial charge < -0.3 is 10.6 Å². The molecule has 19 heavy (non-hydrogen) atoms. The lowest BCUT2D eigenvalue weighted by Gasteiger charge is -2.24. The maximum atomic E-state index is 13.9. The Morgan fingerprint density at radius 1 is 1.11 bits per heavy atom. The van der Waals surface area contributed by atoms with Gasteiger partial charge >= 0.3 is 0 Å². The van der Waals surface area contributed by atoms with Crippen LogP contribution in [0.1, 0.15) is 24.1 Å². The molecule has 0 unspecified atom stereocenters. The quantitative estimate of drug-likeness (QED) is 0.904. The molecule has 2 nitrogen and oxygen atoms in total. The van der Waals surface area contributed by atoms with Crippen molar-refractivity contribution in [2.75, 3.05) is 11.9 Å². The topological polar surface area (TPSA) is 29.3 Å². The first kappa shape index (κ1) is 13.6. The van der Waals surface area contributed by atoms with Gasteiger partial charge in [-0.2, -0.15) is 0 Å². The first-order valence-corrected chi connectivity index (χ1v) is 6.35. The molecular formula is C16H19FN2. The highest BCUT2D eigenvalue weighted by atomic mass is 19.1. The fourth-order valence-electron chi connectivity index (χ4n) is 2.18. The molecule has 100 valence electrons. The van der Waals surface area contributed by atoms with Crippen LogP contribution in [0.5, 0.6) is 0 Å². The molecule has 0 aliphatic carbocycles. The van der Waals surface area contributed by atoms with E-state index in [0.717, 1.165) is 11.4 Å². The summed E-state index contributed by atoms with van der Waals surface area (Å²) in [7, 11) is 1.92. The second kappa shape index (κ2) is 5.41. The van der Waals surface area contributed by atoms with Crippen molar-refractivity contribution in [2.45, 2.75) is 19.9 Å². The van der Waals surface area contributed by atoms with Crippen LogP contribution in [-0.2, 0) is 0 Å². The third-order valence-electron chi connectivity index (χ3n) is 3.27. The zero-order valence-electron chi connectivity index (χ0n) is 11.5. The molecule has 2 N–H and O–H groups in total. The minimum absolute atomic E-state index is 0.258. The van der Waals surface area contributed by atoms with Crippen LogP contribution >= 0.6 is 0 Å². The Labute approximate surface area is 113 Å². The van der Waals surface area contributed by atoms with E-state index in [1.54, 1.807) is 13.0 Å². The summed E-state index contributed by atoms with van der Waals surface area (Å²) in [6.45, 7) is 3.84. The molecule has 0 saturated heterocycles. The highest BCUT2D eigenvalue weighted by Gasteiger charge is 2.16. The zero-order chi connectivity index (χ0) is 14.0. The molecule has 3 heteroatoms. The van der Waals surface area contributed by atoms with E-state index in [-0.39, 0.29) is 11.9 Å². The van der Waals surface area contributed by atoms with Crippen LogP contribution in [0.2, 0.25) is 0 Å². The van der Waals surface area contributed by atoms with Crippen molar-refractivity contribution in [1.82, 2.24) is 0 Å². The van der Waals surface area contributed by atoms with Crippen molar-refractivity contribution in [1.29, 1.82) is 0 Å². The number of halogens is 1. The van der Waals surface area contributed by atoms with Gasteiger partial charge in [-0.1, -0.05) is 23.8 Å². The van der Waals surface area contributed by atoms with Gasteiger partial charge in [-0.05, 0) is 38.1 Å². The summed E-state index contributed by atoms with van der Waals surface area (Å²) in [5, 5.41) is 0. The van der Waals surface area contributed by atoms with Crippen molar-refractivity contribution in [3.05, 3.63) is 59.4 Å². The summed E-state index contributed by atoms with van der Waals surface area (Å²) in [5.74, 6) is -0.258. The van der Waals surface area contributed by atoms with Gasteiger partial charge in [0.1, 0.15) is 5.82 Å². The number of hydrogen-bond donors (Lipinski definition) is 1. The van der Waals surface area contributed by atoms with E-state index in [2.05, 4.69) is 0 Å². The SMILES string of the molecule is Cc1ccc(N(C)c2cccc(F)c2[C@@H](C)N)cc1. The Bertz CT molecular complexity index is 561. The standard InChI is InChI=1S/C16H19FN2/c1-11-7-9-13(10-8-11)19(3)15-6-4-5-14(17)16(15)12(2)18/h4-10,12H,18H2,1-3H3/t12-/m1/s1. The largest absolute Gasteiger partial charge is 0.344 e. The van der Waals surface area contributed by atoms with Gasteiger partial charge in [0.25, 0.3) is 0 Å². The Balaban J connectivity index is 2.46. The summed E-state index contributed by atoms with van der Waals surface area (Å²) in [5.41, 5.74) is 9.45. The Morgan fingerprint density at radius 2 is 1.74 bits per heavy atom. The van der Waals surface area contributed by atoms with Crippen LogP contribution in [-0.4, -0.2) is 7.05 Å². The van der Waals surface area contributed by atoms with Gasteiger partial charge in [-0.3, -0.25) is 0 Å². The Hall–Kier alpha value is -1.87. The number of nitrogens with two attached hydrogens (primary N) is 1. The second-order valence-electron chi connectivity index (χ2n) is 4.86. The maximum absolute atomic E-state index is 13.9. The minimum atomic E-state index is -0.343. The van der Waals surface area contributed by atoms with Gasteiger partial charge in [0.15, 0.2) is 0 Å². The molecule has 2 aromatic rings. The molecule has 2 aromatic carbocycles. The van der Waals surface area contributed by atoms with Crippen LogP contribution in [0.3, 0.4) is 0 Å². The molecule has 1 atom stereocenters. The van der Waals surface area contributed by atoms with Gasteiger partial charge in [-0.15, -0.1) is 0 Å². The van der Waals surface area contributed by atoms with Crippen LogP contribution in [0.25, 0.3) is 0 Å². The molecule has 0 amide bonds. The van der Waals surface area contributed by atoms with E-state index in [9.17, 15) is 4.39 Å². The van der Waals surface area contributed by atoms with Crippen molar-refractivity contribution in [2.24, 2.45) is 5.73 Å². The lowest BCUT2D eigenvalue weighted by atomic mass is 10.0. The summed E-state index contributed by atoms with van der Waals surface area (Å²) >= 11 is 0. The number of benzene rings is 2. The van der Waals surface area contributed by atoms with E-state index in [1.165, 1.54) is 11.6 Å². The second-order valence-corrected chi connectivity index (χ2v) is 4.86. The van der Waals surface area contributed by atoms with E-state index in [1.807, 2.05) is 49.2 Å². The Kier molecular flexibility index (Phi) is 3.86. The third-order valence-corrected chi connectivity index (χ3v) is 3.27. The average molecular weight is 258 g/mol. The highest BCUT2D eigenvalue weighted by molar-refractivity contribution is 5.66.